The van der Waals surface area contributed by atoms with Gasteiger partial charge in [-0.3, -0.25) is 4.79 Å². The van der Waals surface area contributed by atoms with E-state index in [0.717, 1.165) is 57.7 Å². The maximum absolute atomic E-state index is 12.6. The van der Waals surface area contributed by atoms with Crippen molar-refractivity contribution in [2.75, 3.05) is 40.0 Å². The second kappa shape index (κ2) is 6.80. The van der Waals surface area contributed by atoms with Gasteiger partial charge in [-0.2, -0.15) is 0 Å². The number of methoxy groups -OCH3 is 1. The van der Waals surface area contributed by atoms with Crippen molar-refractivity contribution in [3.63, 3.8) is 0 Å². The van der Waals surface area contributed by atoms with Crippen LogP contribution in [0.1, 0.15) is 29.6 Å². The van der Waals surface area contributed by atoms with E-state index < -0.39 is 0 Å². The topological polar surface area (TPSA) is 38.8 Å². The molecule has 1 atom stereocenters. The molecule has 0 unspecified atom stereocenters. The lowest BCUT2D eigenvalue weighted by Crippen LogP contribution is -2.50. The van der Waals surface area contributed by atoms with Gasteiger partial charge < -0.3 is 14.4 Å². The van der Waals surface area contributed by atoms with Crippen molar-refractivity contribution in [3.8, 4) is 0 Å². The number of ether oxygens (including phenoxy) is 2. The zero-order chi connectivity index (χ0) is 15.4. The first-order valence-corrected chi connectivity index (χ1v) is 8.16. The van der Waals surface area contributed by atoms with Gasteiger partial charge in [0, 0.05) is 38.3 Å². The molecule has 22 heavy (non-hydrogen) atoms. The number of hydrogen-bond acceptors (Lipinski definition) is 3. The Hall–Kier alpha value is -1.39. The predicted molar refractivity (Wildman–Crippen MR) is 84.8 cm³/mol. The van der Waals surface area contributed by atoms with Gasteiger partial charge in [0.2, 0.25) is 0 Å². The number of likely N-dealkylation sites (tertiary alicyclic amines) is 1. The Morgan fingerprint density at radius 2 is 2.00 bits per heavy atom. The van der Waals surface area contributed by atoms with Gasteiger partial charge in [-0.15, -0.1) is 0 Å². The molecule has 120 valence electrons. The van der Waals surface area contributed by atoms with E-state index in [1.54, 1.807) is 7.11 Å². The van der Waals surface area contributed by atoms with E-state index in [9.17, 15) is 4.79 Å². The second-order valence-electron chi connectivity index (χ2n) is 6.50. The summed E-state index contributed by atoms with van der Waals surface area (Å²) in [7, 11) is 1.76. The van der Waals surface area contributed by atoms with Crippen molar-refractivity contribution in [1.82, 2.24) is 4.90 Å². The van der Waals surface area contributed by atoms with Crippen molar-refractivity contribution >= 4 is 5.91 Å². The van der Waals surface area contributed by atoms with Crippen molar-refractivity contribution in [3.05, 3.63) is 35.9 Å². The van der Waals surface area contributed by atoms with Gasteiger partial charge >= 0.3 is 0 Å². The molecular formula is C18H25NO3. The third kappa shape index (κ3) is 3.03. The summed E-state index contributed by atoms with van der Waals surface area (Å²) in [5.41, 5.74) is 1.08. The van der Waals surface area contributed by atoms with E-state index in [2.05, 4.69) is 0 Å². The molecule has 0 radical (unpaired) electrons. The van der Waals surface area contributed by atoms with Crippen LogP contribution in [0, 0.1) is 11.3 Å². The lowest BCUT2D eigenvalue weighted by Gasteiger charge is -2.48. The van der Waals surface area contributed by atoms with Crippen molar-refractivity contribution in [1.29, 1.82) is 0 Å². The van der Waals surface area contributed by atoms with Crippen LogP contribution in [0.5, 0.6) is 0 Å². The van der Waals surface area contributed by atoms with E-state index in [4.69, 9.17) is 9.47 Å². The van der Waals surface area contributed by atoms with E-state index in [1.807, 2.05) is 35.2 Å². The molecule has 1 aromatic carbocycles. The van der Waals surface area contributed by atoms with Gasteiger partial charge in [-0.25, -0.2) is 0 Å². The summed E-state index contributed by atoms with van der Waals surface area (Å²) in [6, 6.07) is 9.58. The fourth-order valence-corrected chi connectivity index (χ4v) is 3.88. The summed E-state index contributed by atoms with van der Waals surface area (Å²) >= 11 is 0. The number of rotatable bonds is 3. The second-order valence-corrected chi connectivity index (χ2v) is 6.50. The van der Waals surface area contributed by atoms with Gasteiger partial charge in [-0.05, 0) is 36.8 Å². The number of piperidine rings is 1. The maximum atomic E-state index is 12.6. The molecule has 0 bridgehead atoms. The zero-order valence-corrected chi connectivity index (χ0v) is 13.3. The quantitative estimate of drug-likeness (QED) is 0.861. The molecule has 0 aliphatic carbocycles. The van der Waals surface area contributed by atoms with Crippen LogP contribution >= 0.6 is 0 Å². The maximum Gasteiger partial charge on any atom is 0.253 e. The molecule has 4 heteroatoms. The number of benzene rings is 1. The fourth-order valence-electron chi connectivity index (χ4n) is 3.88. The molecule has 1 spiro atoms. The lowest BCUT2D eigenvalue weighted by atomic mass is 9.66. The van der Waals surface area contributed by atoms with E-state index in [0.29, 0.717) is 11.3 Å². The van der Waals surface area contributed by atoms with Gasteiger partial charge in [0.05, 0.1) is 13.2 Å². The Bertz CT molecular complexity index is 492. The molecular weight excluding hydrogens is 278 g/mol. The van der Waals surface area contributed by atoms with Gasteiger partial charge in [0.15, 0.2) is 0 Å². The third-order valence-electron chi connectivity index (χ3n) is 5.36. The lowest BCUT2D eigenvalue weighted by molar-refractivity contribution is -0.0912. The Morgan fingerprint density at radius 3 is 2.68 bits per heavy atom. The highest BCUT2D eigenvalue weighted by atomic mass is 16.5. The first kappa shape index (κ1) is 15.5. The summed E-state index contributed by atoms with van der Waals surface area (Å²) in [4.78, 5) is 14.6. The van der Waals surface area contributed by atoms with E-state index in [-0.39, 0.29) is 5.91 Å². The molecule has 2 saturated heterocycles. The number of hydrogen-bond donors (Lipinski definition) is 0. The van der Waals surface area contributed by atoms with E-state index >= 15 is 0 Å². The first-order valence-electron chi connectivity index (χ1n) is 8.16. The summed E-state index contributed by atoms with van der Waals surface area (Å²) < 4.78 is 11.0. The predicted octanol–water partition coefficient (Wildman–Crippen LogP) is 2.59. The number of carbonyl (C=O) groups excluding carboxylic acids is 1. The summed E-state index contributed by atoms with van der Waals surface area (Å²) in [5, 5.41) is 0. The standard InChI is InChI=1S/C18H25NO3/c1-21-13-16-14-22-12-9-18(16)7-10-19(11-8-18)17(20)15-5-3-2-4-6-15/h2-6,16H,7-14H2,1H3/t16-/m0/s1. The highest BCUT2D eigenvalue weighted by Gasteiger charge is 2.44. The van der Waals surface area contributed by atoms with Crippen LogP contribution in [0.15, 0.2) is 30.3 Å². The SMILES string of the molecule is COC[C@H]1COCCC12CCN(C(=O)c1ccccc1)CC2. The average molecular weight is 303 g/mol. The highest BCUT2D eigenvalue weighted by molar-refractivity contribution is 5.94. The van der Waals surface area contributed by atoms with Crippen LogP contribution in [0.4, 0.5) is 0 Å². The molecule has 1 amide bonds. The average Bonchev–Trinajstić information content (AvgIpc) is 2.58. The van der Waals surface area contributed by atoms with Gasteiger partial charge in [0.1, 0.15) is 0 Å². The molecule has 1 aromatic rings. The minimum absolute atomic E-state index is 0.158. The Balaban J connectivity index is 1.65. The van der Waals surface area contributed by atoms with Gasteiger partial charge in [-0.1, -0.05) is 18.2 Å². The van der Waals surface area contributed by atoms with Crippen molar-refractivity contribution in [2.24, 2.45) is 11.3 Å². The Labute approximate surface area is 132 Å². The molecule has 0 aromatic heterocycles. The number of carbonyl (C=O) groups is 1. The minimum atomic E-state index is 0.158. The molecule has 2 aliphatic heterocycles. The number of nitrogens with zero attached hydrogens (tertiary/aromatic N) is 1. The van der Waals surface area contributed by atoms with E-state index in [1.165, 1.54) is 0 Å². The van der Waals surface area contributed by atoms with Crippen molar-refractivity contribution in [2.45, 2.75) is 19.3 Å². The molecule has 2 heterocycles. The van der Waals surface area contributed by atoms with Crippen LogP contribution in [0.2, 0.25) is 0 Å². The van der Waals surface area contributed by atoms with Crippen LogP contribution in [-0.2, 0) is 9.47 Å². The minimum Gasteiger partial charge on any atom is -0.384 e. The zero-order valence-electron chi connectivity index (χ0n) is 13.3. The molecule has 4 nitrogen and oxygen atoms in total. The van der Waals surface area contributed by atoms with Crippen molar-refractivity contribution < 1.29 is 14.3 Å². The monoisotopic (exact) mass is 303 g/mol. The molecule has 0 N–H and O–H groups in total. The smallest absolute Gasteiger partial charge is 0.253 e. The van der Waals surface area contributed by atoms with Crippen LogP contribution < -0.4 is 0 Å². The summed E-state index contributed by atoms with van der Waals surface area (Å²) in [5.74, 6) is 0.617. The third-order valence-corrected chi connectivity index (χ3v) is 5.36. The van der Waals surface area contributed by atoms with Crippen LogP contribution in [-0.4, -0.2) is 50.8 Å². The Kier molecular flexibility index (Phi) is 4.79. The largest absolute Gasteiger partial charge is 0.384 e. The van der Waals surface area contributed by atoms with Crippen LogP contribution in [0.25, 0.3) is 0 Å². The van der Waals surface area contributed by atoms with Crippen LogP contribution in [0.3, 0.4) is 0 Å². The molecule has 2 fully saturated rings. The normalized spacial score (nSPS) is 24.4. The molecule has 2 aliphatic rings. The summed E-state index contributed by atoms with van der Waals surface area (Å²) in [6.07, 6.45) is 3.21. The number of amides is 1. The Morgan fingerprint density at radius 1 is 1.27 bits per heavy atom. The first-order chi connectivity index (χ1) is 10.7. The molecule has 0 saturated carbocycles. The molecule has 3 rings (SSSR count). The highest BCUT2D eigenvalue weighted by Crippen LogP contribution is 2.44. The summed E-state index contributed by atoms with van der Waals surface area (Å²) in [6.45, 7) is 4.07. The van der Waals surface area contributed by atoms with Gasteiger partial charge in [0.25, 0.3) is 5.91 Å². The fraction of sp³-hybridized carbons (Fsp3) is 0.611.